The first-order valence-corrected chi connectivity index (χ1v) is 7.95. The number of anilines is 1. The fourth-order valence-electron chi connectivity index (χ4n) is 2.93. The highest BCUT2D eigenvalue weighted by atomic mass is 32.1. The van der Waals surface area contributed by atoms with Crippen molar-refractivity contribution in [2.45, 2.75) is 6.42 Å². The summed E-state index contributed by atoms with van der Waals surface area (Å²) in [4.78, 5) is 21.6. The largest absolute Gasteiger partial charge is 0.396 e. The van der Waals surface area contributed by atoms with Gasteiger partial charge in [0, 0.05) is 26.3 Å². The maximum absolute atomic E-state index is 12.6. The van der Waals surface area contributed by atoms with Crippen LogP contribution in [0.5, 0.6) is 0 Å². The lowest BCUT2D eigenvalue weighted by Gasteiger charge is -2.20. The second-order valence-corrected chi connectivity index (χ2v) is 6.85. The van der Waals surface area contributed by atoms with Crippen molar-refractivity contribution in [2.75, 3.05) is 39.5 Å². The van der Waals surface area contributed by atoms with Gasteiger partial charge in [-0.15, -0.1) is 11.3 Å². The Morgan fingerprint density at radius 1 is 1.62 bits per heavy atom. The number of hydrogen-bond acceptors (Lipinski definition) is 5. The number of amides is 1. The minimum absolute atomic E-state index is 0.00468. The Balaban J connectivity index is 1.78. The smallest absolute Gasteiger partial charge is 0.265 e. The first-order valence-electron chi connectivity index (χ1n) is 7.13. The monoisotopic (exact) mass is 304 g/mol. The average molecular weight is 304 g/mol. The lowest BCUT2D eigenvalue weighted by molar-refractivity contribution is 0.0780. The Bertz CT molecular complexity index is 669. The number of carbonyl (C=O) groups excluding carboxylic acids is 1. The molecule has 2 aromatic heterocycles. The molecule has 0 aromatic carbocycles. The molecule has 1 aliphatic heterocycles. The van der Waals surface area contributed by atoms with E-state index in [1.165, 1.54) is 11.3 Å². The number of likely N-dealkylation sites (tertiary alicyclic amines) is 1. The second kappa shape index (κ2) is 5.61. The van der Waals surface area contributed by atoms with Gasteiger partial charge in [-0.05, 0) is 38.1 Å². The van der Waals surface area contributed by atoms with Gasteiger partial charge >= 0.3 is 0 Å². The number of hydrogen-bond donors (Lipinski definition) is 1. The topological polar surface area (TPSA) is 62.5 Å². The molecule has 5 nitrogen and oxygen atoms in total. The van der Waals surface area contributed by atoms with Gasteiger partial charge in [0.25, 0.3) is 5.91 Å². The number of nitrogens with two attached hydrogens (primary N) is 1. The quantitative estimate of drug-likeness (QED) is 0.941. The maximum Gasteiger partial charge on any atom is 0.265 e. The molecule has 3 heterocycles. The molecule has 1 atom stereocenters. The third-order valence-electron chi connectivity index (χ3n) is 4.04. The van der Waals surface area contributed by atoms with E-state index in [4.69, 9.17) is 5.73 Å². The molecule has 1 fully saturated rings. The summed E-state index contributed by atoms with van der Waals surface area (Å²) in [5, 5.41) is 0. The summed E-state index contributed by atoms with van der Waals surface area (Å²) in [5.74, 6) is 0.558. The van der Waals surface area contributed by atoms with Crippen molar-refractivity contribution in [1.29, 1.82) is 0 Å². The normalized spacial score (nSPS) is 19.2. The SMILES string of the molecule is CN1CCC(CN(C)C(=O)c2sc3cccnc3c2N)C1. The molecule has 112 valence electrons. The van der Waals surface area contributed by atoms with Crippen LogP contribution in [0.1, 0.15) is 16.1 Å². The van der Waals surface area contributed by atoms with E-state index in [1.54, 1.807) is 11.1 Å². The molecule has 3 rings (SSSR count). The van der Waals surface area contributed by atoms with Gasteiger partial charge in [0.05, 0.1) is 10.4 Å². The second-order valence-electron chi connectivity index (χ2n) is 5.80. The van der Waals surface area contributed by atoms with Gasteiger partial charge in [-0.1, -0.05) is 0 Å². The lowest BCUT2D eigenvalue weighted by Crippen LogP contribution is -2.32. The number of rotatable bonds is 3. The van der Waals surface area contributed by atoms with Crippen molar-refractivity contribution >= 4 is 33.1 Å². The minimum atomic E-state index is 0.00468. The predicted molar refractivity (Wildman–Crippen MR) is 86.6 cm³/mol. The van der Waals surface area contributed by atoms with Crippen molar-refractivity contribution < 1.29 is 4.79 Å². The molecule has 1 unspecified atom stereocenters. The number of nitrogens with zero attached hydrogens (tertiary/aromatic N) is 3. The zero-order valence-corrected chi connectivity index (χ0v) is 13.2. The van der Waals surface area contributed by atoms with Crippen LogP contribution < -0.4 is 5.73 Å². The number of thiophene rings is 1. The molecule has 0 radical (unpaired) electrons. The van der Waals surface area contributed by atoms with Gasteiger partial charge in [0.1, 0.15) is 10.4 Å². The summed E-state index contributed by atoms with van der Waals surface area (Å²) < 4.78 is 0.965. The van der Waals surface area contributed by atoms with E-state index < -0.39 is 0 Å². The fourth-order valence-corrected chi connectivity index (χ4v) is 4.00. The summed E-state index contributed by atoms with van der Waals surface area (Å²) in [6.45, 7) is 2.95. The summed E-state index contributed by atoms with van der Waals surface area (Å²) >= 11 is 1.43. The van der Waals surface area contributed by atoms with Crippen molar-refractivity contribution in [2.24, 2.45) is 5.92 Å². The Hall–Kier alpha value is -1.66. The van der Waals surface area contributed by atoms with Crippen LogP contribution in [0.3, 0.4) is 0 Å². The van der Waals surface area contributed by atoms with E-state index in [2.05, 4.69) is 16.9 Å². The molecule has 2 aromatic rings. The van der Waals surface area contributed by atoms with Gasteiger partial charge in [-0.25, -0.2) is 0 Å². The highest BCUT2D eigenvalue weighted by Gasteiger charge is 2.25. The highest BCUT2D eigenvalue weighted by molar-refractivity contribution is 7.21. The Kier molecular flexibility index (Phi) is 3.82. The summed E-state index contributed by atoms with van der Waals surface area (Å²) in [7, 11) is 3.98. The number of carbonyl (C=O) groups is 1. The first kappa shape index (κ1) is 14.3. The molecule has 2 N–H and O–H groups in total. The van der Waals surface area contributed by atoms with E-state index in [1.807, 2.05) is 19.2 Å². The highest BCUT2D eigenvalue weighted by Crippen LogP contribution is 2.32. The summed E-state index contributed by atoms with van der Waals surface area (Å²) in [6.07, 6.45) is 2.86. The van der Waals surface area contributed by atoms with Crippen molar-refractivity contribution in [1.82, 2.24) is 14.8 Å². The van der Waals surface area contributed by atoms with Crippen molar-refractivity contribution in [3.8, 4) is 0 Å². The number of nitrogen functional groups attached to an aromatic ring is 1. The molecule has 1 aliphatic rings. The third-order valence-corrected chi connectivity index (χ3v) is 5.19. The Morgan fingerprint density at radius 3 is 3.10 bits per heavy atom. The minimum Gasteiger partial charge on any atom is -0.396 e. The summed E-state index contributed by atoms with van der Waals surface area (Å²) in [6, 6.07) is 3.82. The molecule has 0 spiro atoms. The van der Waals surface area contributed by atoms with E-state index in [-0.39, 0.29) is 5.91 Å². The van der Waals surface area contributed by atoms with E-state index in [9.17, 15) is 4.79 Å². The van der Waals surface area contributed by atoms with E-state index in [0.717, 1.165) is 36.3 Å². The van der Waals surface area contributed by atoms with E-state index in [0.29, 0.717) is 16.5 Å². The number of pyridine rings is 1. The lowest BCUT2D eigenvalue weighted by atomic mass is 10.1. The molecule has 1 saturated heterocycles. The Morgan fingerprint density at radius 2 is 2.43 bits per heavy atom. The van der Waals surface area contributed by atoms with Crippen LogP contribution in [-0.4, -0.2) is 54.4 Å². The molecule has 0 bridgehead atoms. The van der Waals surface area contributed by atoms with Gasteiger partial charge < -0.3 is 15.5 Å². The van der Waals surface area contributed by atoms with Gasteiger partial charge in [-0.2, -0.15) is 0 Å². The van der Waals surface area contributed by atoms with Crippen LogP contribution in [0.4, 0.5) is 5.69 Å². The zero-order valence-electron chi connectivity index (χ0n) is 12.4. The number of aromatic nitrogens is 1. The van der Waals surface area contributed by atoms with Crippen LogP contribution in [0.2, 0.25) is 0 Å². The molecule has 1 amide bonds. The van der Waals surface area contributed by atoms with Crippen LogP contribution >= 0.6 is 11.3 Å². The van der Waals surface area contributed by atoms with E-state index >= 15 is 0 Å². The first-order chi connectivity index (χ1) is 10.1. The summed E-state index contributed by atoms with van der Waals surface area (Å²) in [5.41, 5.74) is 7.35. The van der Waals surface area contributed by atoms with Gasteiger partial charge in [-0.3, -0.25) is 9.78 Å². The molecular formula is C15H20N4OS. The van der Waals surface area contributed by atoms with Gasteiger partial charge in [0.2, 0.25) is 0 Å². The van der Waals surface area contributed by atoms with Crippen LogP contribution in [0, 0.1) is 5.92 Å². The van der Waals surface area contributed by atoms with Crippen molar-refractivity contribution in [3.63, 3.8) is 0 Å². The number of fused-ring (bicyclic) bond motifs is 1. The van der Waals surface area contributed by atoms with Gasteiger partial charge in [0.15, 0.2) is 0 Å². The average Bonchev–Trinajstić information content (AvgIpc) is 3.03. The molecule has 0 aliphatic carbocycles. The standard InChI is InChI=1S/C15H20N4OS/c1-18-7-5-10(8-18)9-19(2)15(20)14-12(16)13-11(21-14)4-3-6-17-13/h3-4,6,10H,5,7-9,16H2,1-2H3. The molecule has 6 heteroatoms. The molecular weight excluding hydrogens is 284 g/mol. The third kappa shape index (κ3) is 2.73. The zero-order chi connectivity index (χ0) is 15.0. The van der Waals surface area contributed by atoms with Crippen LogP contribution in [0.15, 0.2) is 18.3 Å². The molecule has 0 saturated carbocycles. The molecule has 21 heavy (non-hydrogen) atoms. The maximum atomic E-state index is 12.6. The van der Waals surface area contributed by atoms with Crippen LogP contribution in [0.25, 0.3) is 10.2 Å². The van der Waals surface area contributed by atoms with Crippen LogP contribution in [-0.2, 0) is 0 Å². The fraction of sp³-hybridized carbons (Fsp3) is 0.467. The predicted octanol–water partition coefficient (Wildman–Crippen LogP) is 1.90. The van der Waals surface area contributed by atoms with Crippen molar-refractivity contribution in [3.05, 3.63) is 23.2 Å². The Labute approximate surface area is 128 Å².